The van der Waals surface area contributed by atoms with Crippen molar-refractivity contribution in [3.63, 3.8) is 0 Å². The van der Waals surface area contributed by atoms with E-state index >= 15 is 0 Å². The summed E-state index contributed by atoms with van der Waals surface area (Å²) in [6.45, 7) is 0.377. The summed E-state index contributed by atoms with van der Waals surface area (Å²) < 4.78 is 5.63. The van der Waals surface area contributed by atoms with Crippen LogP contribution in [0.15, 0.2) is 48.7 Å². The fourth-order valence-corrected chi connectivity index (χ4v) is 2.97. The van der Waals surface area contributed by atoms with Crippen LogP contribution in [-0.2, 0) is 11.4 Å². The lowest BCUT2D eigenvalue weighted by atomic mass is 10.1. The number of nitrogens with zero attached hydrogens (tertiary/aromatic N) is 1. The number of carboxylic acids is 1. The van der Waals surface area contributed by atoms with Crippen molar-refractivity contribution in [1.29, 1.82) is 0 Å². The van der Waals surface area contributed by atoms with Crippen molar-refractivity contribution in [2.45, 2.75) is 31.9 Å². The van der Waals surface area contributed by atoms with Crippen LogP contribution < -0.4 is 10.1 Å². The van der Waals surface area contributed by atoms with E-state index in [2.05, 4.69) is 10.3 Å². The third-order valence-corrected chi connectivity index (χ3v) is 4.34. The van der Waals surface area contributed by atoms with Gasteiger partial charge in [0.05, 0.1) is 5.92 Å². The number of carbonyl (C=O) groups excluding carboxylic acids is 1. The number of carboxylic acid groups (broad SMARTS) is 1. The predicted octanol–water partition coefficient (Wildman–Crippen LogP) is 2.64. The summed E-state index contributed by atoms with van der Waals surface area (Å²) in [4.78, 5) is 27.5. The highest BCUT2D eigenvalue weighted by molar-refractivity contribution is 5.94. The van der Waals surface area contributed by atoms with Gasteiger partial charge in [-0.25, -0.2) is 4.98 Å². The highest BCUT2D eigenvalue weighted by Gasteiger charge is 2.30. The van der Waals surface area contributed by atoms with E-state index in [4.69, 9.17) is 9.84 Å². The van der Waals surface area contributed by atoms with Gasteiger partial charge in [0.25, 0.3) is 5.91 Å². The molecule has 0 bridgehead atoms. The molecule has 130 valence electrons. The van der Waals surface area contributed by atoms with Crippen LogP contribution in [0.4, 0.5) is 0 Å². The molecule has 1 aromatic heterocycles. The lowest BCUT2D eigenvalue weighted by molar-refractivity contribution is -0.141. The van der Waals surface area contributed by atoms with E-state index in [1.165, 1.54) is 6.20 Å². The van der Waals surface area contributed by atoms with Crippen LogP contribution >= 0.6 is 0 Å². The van der Waals surface area contributed by atoms with Gasteiger partial charge in [0.15, 0.2) is 0 Å². The van der Waals surface area contributed by atoms with Crippen LogP contribution in [0, 0.1) is 5.92 Å². The molecule has 0 radical (unpaired) electrons. The van der Waals surface area contributed by atoms with Gasteiger partial charge >= 0.3 is 5.97 Å². The summed E-state index contributed by atoms with van der Waals surface area (Å²) >= 11 is 0. The third-order valence-electron chi connectivity index (χ3n) is 4.34. The molecule has 0 saturated heterocycles. The van der Waals surface area contributed by atoms with E-state index in [1.54, 1.807) is 12.1 Å². The Labute approximate surface area is 145 Å². The first-order valence-electron chi connectivity index (χ1n) is 8.28. The SMILES string of the molecule is O=C(N[C@@H]1CC[C@H](C(=O)O)C1)c1ccnc(OCc2ccccc2)c1. The quantitative estimate of drug-likeness (QED) is 0.844. The molecule has 3 rings (SSSR count). The summed E-state index contributed by atoms with van der Waals surface area (Å²) in [7, 11) is 0. The largest absolute Gasteiger partial charge is 0.481 e. The van der Waals surface area contributed by atoms with Crippen LogP contribution in [0.3, 0.4) is 0 Å². The molecule has 1 amide bonds. The minimum absolute atomic E-state index is 0.101. The molecule has 1 aliphatic carbocycles. The first-order chi connectivity index (χ1) is 12.1. The molecule has 1 aromatic carbocycles. The average molecular weight is 340 g/mol. The fraction of sp³-hybridized carbons (Fsp3) is 0.316. The Morgan fingerprint density at radius 3 is 2.72 bits per heavy atom. The lowest BCUT2D eigenvalue weighted by Crippen LogP contribution is -2.33. The van der Waals surface area contributed by atoms with Crippen LogP contribution in [-0.4, -0.2) is 28.0 Å². The molecule has 2 aromatic rings. The lowest BCUT2D eigenvalue weighted by Gasteiger charge is -2.13. The highest BCUT2D eigenvalue weighted by atomic mass is 16.5. The summed E-state index contributed by atoms with van der Waals surface area (Å²) in [5.74, 6) is -1.01. The molecule has 0 unspecified atom stereocenters. The monoisotopic (exact) mass is 340 g/mol. The molecular formula is C19H20N2O4. The molecule has 6 nitrogen and oxygen atoms in total. The van der Waals surface area contributed by atoms with Crippen LogP contribution in [0.1, 0.15) is 35.2 Å². The van der Waals surface area contributed by atoms with E-state index < -0.39 is 5.97 Å². The number of aromatic nitrogens is 1. The second-order valence-corrected chi connectivity index (χ2v) is 6.18. The smallest absolute Gasteiger partial charge is 0.306 e. The normalized spacial score (nSPS) is 19.4. The van der Waals surface area contributed by atoms with Gasteiger partial charge in [-0.2, -0.15) is 0 Å². The Morgan fingerprint density at radius 1 is 1.20 bits per heavy atom. The van der Waals surface area contributed by atoms with Crippen molar-refractivity contribution in [2.24, 2.45) is 5.92 Å². The Kier molecular flexibility index (Phi) is 5.28. The number of amides is 1. The number of rotatable bonds is 6. The molecule has 0 spiro atoms. The fourth-order valence-electron chi connectivity index (χ4n) is 2.97. The highest BCUT2D eigenvalue weighted by Crippen LogP contribution is 2.26. The molecule has 1 aliphatic rings. The summed E-state index contributed by atoms with van der Waals surface area (Å²) in [6, 6.07) is 12.8. The topological polar surface area (TPSA) is 88.5 Å². The summed E-state index contributed by atoms with van der Waals surface area (Å²) in [5, 5.41) is 11.9. The number of aliphatic carboxylic acids is 1. The zero-order valence-corrected chi connectivity index (χ0v) is 13.7. The van der Waals surface area contributed by atoms with Crippen LogP contribution in [0.5, 0.6) is 5.88 Å². The van der Waals surface area contributed by atoms with Gasteiger partial charge in [0, 0.05) is 23.9 Å². The number of ether oxygens (including phenoxy) is 1. The van der Waals surface area contributed by atoms with Crippen molar-refractivity contribution in [3.05, 3.63) is 59.8 Å². The van der Waals surface area contributed by atoms with E-state index in [0.29, 0.717) is 37.3 Å². The van der Waals surface area contributed by atoms with Gasteiger partial charge in [0.2, 0.25) is 5.88 Å². The number of hydrogen-bond donors (Lipinski definition) is 2. The van der Waals surface area contributed by atoms with E-state index in [-0.39, 0.29) is 17.9 Å². The molecule has 0 aliphatic heterocycles. The number of hydrogen-bond acceptors (Lipinski definition) is 4. The Balaban J connectivity index is 1.57. The maximum atomic E-state index is 12.4. The number of benzene rings is 1. The zero-order valence-electron chi connectivity index (χ0n) is 13.7. The van der Waals surface area contributed by atoms with Gasteiger partial charge in [-0.05, 0) is 30.9 Å². The molecule has 2 atom stereocenters. The van der Waals surface area contributed by atoms with Crippen molar-refractivity contribution in [3.8, 4) is 5.88 Å². The minimum atomic E-state index is -0.794. The van der Waals surface area contributed by atoms with Crippen molar-refractivity contribution >= 4 is 11.9 Å². The average Bonchev–Trinajstić information content (AvgIpc) is 3.10. The van der Waals surface area contributed by atoms with Crippen molar-refractivity contribution in [1.82, 2.24) is 10.3 Å². The molecular weight excluding hydrogens is 320 g/mol. The standard InChI is InChI=1S/C19H20N2O4/c22-18(21-16-7-6-15(10-16)19(23)24)14-8-9-20-17(11-14)25-12-13-4-2-1-3-5-13/h1-5,8-9,11,15-16H,6-7,10,12H2,(H,21,22)(H,23,24)/t15-,16+/m0/s1. The minimum Gasteiger partial charge on any atom is -0.481 e. The first-order valence-corrected chi connectivity index (χ1v) is 8.28. The van der Waals surface area contributed by atoms with Crippen molar-refractivity contribution < 1.29 is 19.4 Å². The molecule has 25 heavy (non-hydrogen) atoms. The second kappa shape index (κ2) is 7.79. The molecule has 1 fully saturated rings. The summed E-state index contributed by atoms with van der Waals surface area (Å²) in [6.07, 6.45) is 3.29. The number of nitrogens with one attached hydrogen (secondary N) is 1. The maximum Gasteiger partial charge on any atom is 0.306 e. The molecule has 6 heteroatoms. The van der Waals surface area contributed by atoms with Crippen LogP contribution in [0.2, 0.25) is 0 Å². The van der Waals surface area contributed by atoms with Gasteiger partial charge < -0.3 is 15.2 Å². The maximum absolute atomic E-state index is 12.4. The van der Waals surface area contributed by atoms with Crippen molar-refractivity contribution in [2.75, 3.05) is 0 Å². The number of pyridine rings is 1. The predicted molar refractivity (Wildman–Crippen MR) is 91.2 cm³/mol. The third kappa shape index (κ3) is 4.56. The Morgan fingerprint density at radius 2 is 2.00 bits per heavy atom. The molecule has 1 heterocycles. The van der Waals surface area contributed by atoms with Crippen LogP contribution in [0.25, 0.3) is 0 Å². The van der Waals surface area contributed by atoms with E-state index in [9.17, 15) is 9.59 Å². The first kappa shape index (κ1) is 17.0. The Bertz CT molecular complexity index is 748. The van der Waals surface area contributed by atoms with Gasteiger partial charge in [-0.3, -0.25) is 9.59 Å². The molecule has 2 N–H and O–H groups in total. The van der Waals surface area contributed by atoms with E-state index in [0.717, 1.165) is 5.56 Å². The Hall–Kier alpha value is -2.89. The van der Waals surface area contributed by atoms with E-state index in [1.807, 2.05) is 30.3 Å². The second-order valence-electron chi connectivity index (χ2n) is 6.18. The van der Waals surface area contributed by atoms with Gasteiger partial charge in [0.1, 0.15) is 6.61 Å². The molecule has 1 saturated carbocycles. The van der Waals surface area contributed by atoms with Gasteiger partial charge in [-0.1, -0.05) is 30.3 Å². The number of carbonyl (C=O) groups is 2. The zero-order chi connectivity index (χ0) is 17.6. The summed E-state index contributed by atoms with van der Waals surface area (Å²) in [5.41, 5.74) is 1.47. The van der Waals surface area contributed by atoms with Gasteiger partial charge in [-0.15, -0.1) is 0 Å².